The zero-order valence-electron chi connectivity index (χ0n) is 17.7. The molecule has 10 heteroatoms. The van der Waals surface area contributed by atoms with Gasteiger partial charge in [0.2, 0.25) is 9.84 Å². The van der Waals surface area contributed by atoms with Crippen LogP contribution in [0.5, 0.6) is 11.5 Å². The van der Waals surface area contributed by atoms with Gasteiger partial charge in [-0.3, -0.25) is 0 Å². The Hall–Kier alpha value is -1.93. The lowest BCUT2D eigenvalue weighted by Gasteiger charge is -2.27. The van der Waals surface area contributed by atoms with E-state index >= 15 is 0 Å². The number of oxazole rings is 1. The normalized spacial score (nSPS) is 12.1. The summed E-state index contributed by atoms with van der Waals surface area (Å²) in [5, 5.41) is 0.516. The highest BCUT2D eigenvalue weighted by atomic mass is 35.5. The number of ether oxygens (including phenoxy) is 2. The number of alkyl halides is 1. The molecule has 3 aromatic rings. The summed E-state index contributed by atoms with van der Waals surface area (Å²) in [6.07, 6.45) is 2.37. The van der Waals surface area contributed by atoms with E-state index in [4.69, 9.17) is 48.7 Å². The van der Waals surface area contributed by atoms with Crippen LogP contribution in [0, 0.1) is 0 Å². The van der Waals surface area contributed by atoms with Crippen molar-refractivity contribution < 1.29 is 22.3 Å². The van der Waals surface area contributed by atoms with Crippen molar-refractivity contribution in [3.8, 4) is 11.5 Å². The molecular formula is C22H22Cl3NO5S. The molecule has 0 bridgehead atoms. The Morgan fingerprint density at radius 1 is 1.03 bits per heavy atom. The van der Waals surface area contributed by atoms with Crippen molar-refractivity contribution in [1.29, 1.82) is 0 Å². The number of rotatable bonds is 9. The molecule has 2 aromatic carbocycles. The van der Waals surface area contributed by atoms with E-state index in [1.165, 1.54) is 6.20 Å². The summed E-state index contributed by atoms with van der Waals surface area (Å²) in [6.45, 7) is 4.49. The molecule has 0 aliphatic rings. The lowest BCUT2D eigenvalue weighted by molar-refractivity contribution is 0.256. The van der Waals surface area contributed by atoms with Crippen LogP contribution in [0.1, 0.15) is 30.7 Å². The van der Waals surface area contributed by atoms with Gasteiger partial charge in [0.15, 0.2) is 11.5 Å². The Bertz CT molecular complexity index is 1170. The summed E-state index contributed by atoms with van der Waals surface area (Å²) in [4.78, 5) is 3.74. The molecule has 32 heavy (non-hydrogen) atoms. The minimum atomic E-state index is -3.49. The predicted octanol–water partition coefficient (Wildman–Crippen LogP) is 5.91. The van der Waals surface area contributed by atoms with E-state index in [-0.39, 0.29) is 11.8 Å². The first kappa shape index (κ1) is 24.7. The fourth-order valence-electron chi connectivity index (χ4n) is 3.02. The molecule has 3 rings (SSSR count). The zero-order chi connectivity index (χ0) is 23.5. The smallest absolute Gasteiger partial charge is 0.314 e. The summed E-state index contributed by atoms with van der Waals surface area (Å²) >= 11 is 18.5. The Morgan fingerprint density at radius 3 is 2.19 bits per heavy atom. The third kappa shape index (κ3) is 5.70. The van der Waals surface area contributed by atoms with Crippen LogP contribution in [0.25, 0.3) is 0 Å². The largest absolute Gasteiger partial charge is 0.489 e. The van der Waals surface area contributed by atoms with Gasteiger partial charge in [-0.1, -0.05) is 49.2 Å². The number of hydrogen-bond acceptors (Lipinski definition) is 6. The molecule has 0 unspecified atom stereocenters. The van der Waals surface area contributed by atoms with Crippen molar-refractivity contribution in [3.63, 3.8) is 0 Å². The first-order valence-electron chi connectivity index (χ1n) is 9.58. The van der Waals surface area contributed by atoms with Crippen LogP contribution in [0.4, 0.5) is 0 Å². The molecule has 0 aliphatic heterocycles. The highest BCUT2D eigenvalue weighted by molar-refractivity contribution is 7.90. The maximum absolute atomic E-state index is 11.5. The van der Waals surface area contributed by atoms with Crippen molar-refractivity contribution in [2.45, 2.75) is 31.1 Å². The van der Waals surface area contributed by atoms with Gasteiger partial charge >= 0.3 is 5.22 Å². The Labute approximate surface area is 202 Å². The van der Waals surface area contributed by atoms with Crippen LogP contribution < -0.4 is 9.47 Å². The van der Waals surface area contributed by atoms with Gasteiger partial charge in [-0.25, -0.2) is 13.4 Å². The minimum Gasteiger partial charge on any atom is -0.489 e. The molecule has 0 atom stereocenters. The molecule has 1 heterocycles. The summed E-state index contributed by atoms with van der Waals surface area (Å²) in [5.41, 5.74) is 1.55. The minimum absolute atomic E-state index is 0.0558. The van der Waals surface area contributed by atoms with E-state index in [0.29, 0.717) is 39.8 Å². The van der Waals surface area contributed by atoms with Gasteiger partial charge in [0, 0.05) is 11.7 Å². The number of halogens is 3. The number of aromatic nitrogens is 1. The van der Waals surface area contributed by atoms with E-state index in [9.17, 15) is 8.42 Å². The molecule has 0 aliphatic carbocycles. The van der Waals surface area contributed by atoms with Crippen LogP contribution >= 0.6 is 34.8 Å². The summed E-state index contributed by atoms with van der Waals surface area (Å²) in [6, 6.07) is 11.2. The molecule has 6 nitrogen and oxygen atoms in total. The fraction of sp³-hybridized carbons (Fsp3) is 0.318. The SMILES string of the molecule is CC(C)(c1ccc(OCc2cnc(S(C)(=O)=O)o2)cc1)c1cc(Cl)c(OCCCl)c(Cl)c1. The van der Waals surface area contributed by atoms with Crippen LogP contribution in [0.15, 0.2) is 52.2 Å². The van der Waals surface area contributed by atoms with Gasteiger partial charge in [0.05, 0.1) is 22.1 Å². The second-order valence-electron chi connectivity index (χ2n) is 7.61. The van der Waals surface area contributed by atoms with E-state index in [0.717, 1.165) is 17.4 Å². The van der Waals surface area contributed by atoms with Gasteiger partial charge in [-0.2, -0.15) is 0 Å². The maximum Gasteiger partial charge on any atom is 0.314 e. The lowest BCUT2D eigenvalue weighted by Crippen LogP contribution is -2.19. The second kappa shape index (κ2) is 9.91. The first-order valence-corrected chi connectivity index (χ1v) is 12.8. The topological polar surface area (TPSA) is 78.6 Å². The van der Waals surface area contributed by atoms with Gasteiger partial charge in [-0.15, -0.1) is 11.6 Å². The second-order valence-corrected chi connectivity index (χ2v) is 10.7. The monoisotopic (exact) mass is 517 g/mol. The highest BCUT2D eigenvalue weighted by Crippen LogP contribution is 2.40. The molecular weight excluding hydrogens is 497 g/mol. The third-order valence-electron chi connectivity index (χ3n) is 4.85. The van der Waals surface area contributed by atoms with E-state index < -0.39 is 15.3 Å². The van der Waals surface area contributed by atoms with Crippen molar-refractivity contribution in [1.82, 2.24) is 4.98 Å². The van der Waals surface area contributed by atoms with E-state index in [1.54, 1.807) is 0 Å². The van der Waals surface area contributed by atoms with Gasteiger partial charge in [0.25, 0.3) is 0 Å². The van der Waals surface area contributed by atoms with Crippen LogP contribution in [0.3, 0.4) is 0 Å². The molecule has 1 aromatic heterocycles. The van der Waals surface area contributed by atoms with Crippen LogP contribution in [-0.4, -0.2) is 32.1 Å². The average molecular weight is 519 g/mol. The maximum atomic E-state index is 11.5. The zero-order valence-corrected chi connectivity index (χ0v) is 20.8. The molecule has 0 N–H and O–H groups in total. The number of benzene rings is 2. The Morgan fingerprint density at radius 2 is 1.66 bits per heavy atom. The Balaban J connectivity index is 1.74. The summed E-state index contributed by atoms with van der Waals surface area (Å²) < 4.78 is 39.3. The molecule has 172 valence electrons. The van der Waals surface area contributed by atoms with Gasteiger partial charge in [-0.05, 0) is 35.4 Å². The first-order chi connectivity index (χ1) is 15.0. The van der Waals surface area contributed by atoms with Crippen molar-refractivity contribution in [2.75, 3.05) is 18.7 Å². The lowest BCUT2D eigenvalue weighted by atomic mass is 9.78. The van der Waals surface area contributed by atoms with Crippen LogP contribution in [0.2, 0.25) is 10.0 Å². The van der Waals surface area contributed by atoms with E-state index in [1.807, 2.05) is 36.4 Å². The quantitative estimate of drug-likeness (QED) is 0.328. The fourth-order valence-corrected chi connectivity index (χ4v) is 4.19. The molecule has 0 radical (unpaired) electrons. The molecule has 0 saturated heterocycles. The van der Waals surface area contributed by atoms with Gasteiger partial charge in [0.1, 0.15) is 19.0 Å². The molecule has 0 saturated carbocycles. The van der Waals surface area contributed by atoms with Crippen LogP contribution in [-0.2, 0) is 21.9 Å². The van der Waals surface area contributed by atoms with Crippen molar-refractivity contribution in [2.24, 2.45) is 0 Å². The molecule has 0 spiro atoms. The predicted molar refractivity (Wildman–Crippen MR) is 125 cm³/mol. The standard InChI is InChI=1S/C22H22Cl3NO5S/c1-22(2,15-10-18(24)20(19(25)11-15)29-9-8-23)14-4-6-16(7-5-14)30-13-17-12-26-21(31-17)32(3,27)28/h4-7,10-12H,8-9,13H2,1-3H3. The number of hydrogen-bond donors (Lipinski definition) is 0. The van der Waals surface area contributed by atoms with Gasteiger partial charge < -0.3 is 13.9 Å². The summed E-state index contributed by atoms with van der Waals surface area (Å²) in [5.74, 6) is 1.67. The average Bonchev–Trinajstić information content (AvgIpc) is 3.21. The van der Waals surface area contributed by atoms with Crippen molar-refractivity contribution >= 4 is 44.6 Å². The summed E-state index contributed by atoms with van der Waals surface area (Å²) in [7, 11) is -3.49. The number of nitrogens with zero attached hydrogens (tertiary/aromatic N) is 1. The number of sulfone groups is 1. The molecule has 0 amide bonds. The van der Waals surface area contributed by atoms with E-state index in [2.05, 4.69) is 18.8 Å². The third-order valence-corrected chi connectivity index (χ3v) is 6.39. The Kier molecular flexibility index (Phi) is 7.65. The van der Waals surface area contributed by atoms with Crippen molar-refractivity contribution in [3.05, 3.63) is 69.5 Å². The molecule has 0 fully saturated rings. The highest BCUT2D eigenvalue weighted by Gasteiger charge is 2.26.